The summed E-state index contributed by atoms with van der Waals surface area (Å²) in [5.41, 5.74) is 0.501. The first-order valence-electron chi connectivity index (χ1n) is 9.96. The summed E-state index contributed by atoms with van der Waals surface area (Å²) in [7, 11) is 0. The fourth-order valence-electron chi connectivity index (χ4n) is 3.54. The first-order valence-corrected chi connectivity index (χ1v) is 10.3. The smallest absolute Gasteiger partial charge is 0.260 e. The van der Waals surface area contributed by atoms with E-state index in [0.717, 1.165) is 0 Å². The highest BCUT2D eigenvalue weighted by Gasteiger charge is 2.28. The van der Waals surface area contributed by atoms with Crippen LogP contribution in [0.25, 0.3) is 0 Å². The Kier molecular flexibility index (Phi) is 6.28. The minimum absolute atomic E-state index is 0.00627. The Labute approximate surface area is 179 Å². The lowest BCUT2D eigenvalue weighted by Gasteiger charge is -2.31. The second-order valence-corrected chi connectivity index (χ2v) is 7.63. The van der Waals surface area contributed by atoms with Gasteiger partial charge >= 0.3 is 0 Å². The zero-order valence-electron chi connectivity index (χ0n) is 16.4. The Morgan fingerprint density at radius 2 is 1.73 bits per heavy atom. The number of hydrogen-bond acceptors (Lipinski definition) is 5. The predicted molar refractivity (Wildman–Crippen MR) is 112 cm³/mol. The van der Waals surface area contributed by atoms with Gasteiger partial charge in [-0.25, -0.2) is 0 Å². The molecule has 2 aliphatic rings. The Hall–Kier alpha value is -2.93. The number of fused-ring (bicyclic) bond motifs is 1. The number of nitrogens with zero attached hydrogens (tertiary/aromatic N) is 1. The lowest BCUT2D eigenvalue weighted by molar-refractivity contribution is -0.136. The van der Waals surface area contributed by atoms with E-state index in [1.807, 2.05) is 30.3 Å². The van der Waals surface area contributed by atoms with Crippen LogP contribution in [0.3, 0.4) is 0 Å². The maximum Gasteiger partial charge on any atom is 0.260 e. The molecule has 1 fully saturated rings. The molecule has 2 aromatic carbocycles. The van der Waals surface area contributed by atoms with Crippen molar-refractivity contribution in [3.8, 4) is 17.2 Å². The van der Waals surface area contributed by atoms with Gasteiger partial charge in [0.2, 0.25) is 5.91 Å². The third-order valence-corrected chi connectivity index (χ3v) is 5.53. The molecule has 30 heavy (non-hydrogen) atoms. The van der Waals surface area contributed by atoms with Crippen LogP contribution in [0.2, 0.25) is 5.02 Å². The summed E-state index contributed by atoms with van der Waals surface area (Å²) < 4.78 is 16.6. The molecule has 0 radical (unpaired) electrons. The predicted octanol–water partition coefficient (Wildman–Crippen LogP) is 3.37. The Morgan fingerprint density at radius 3 is 2.43 bits per heavy atom. The fourth-order valence-corrected chi connectivity index (χ4v) is 3.74. The molecule has 158 valence electrons. The van der Waals surface area contributed by atoms with Crippen LogP contribution >= 0.6 is 11.6 Å². The largest absolute Gasteiger partial charge is 0.486 e. The van der Waals surface area contributed by atoms with Crippen molar-refractivity contribution in [2.45, 2.75) is 12.8 Å². The molecular formula is C22H23ClN2O5. The molecule has 4 rings (SSSR count). The van der Waals surface area contributed by atoms with Crippen molar-refractivity contribution >= 4 is 29.1 Å². The van der Waals surface area contributed by atoms with E-state index in [1.165, 1.54) is 0 Å². The number of hydrogen-bond donors (Lipinski definition) is 1. The van der Waals surface area contributed by atoms with Crippen molar-refractivity contribution in [1.29, 1.82) is 0 Å². The van der Waals surface area contributed by atoms with Gasteiger partial charge in [0, 0.05) is 31.1 Å². The second-order valence-electron chi connectivity index (χ2n) is 7.22. The number of para-hydroxylation sites is 1. The minimum Gasteiger partial charge on any atom is -0.486 e. The SMILES string of the molecule is O=C(Nc1cc2c(cc1Cl)OCCO2)C1CCN(C(=O)COc2ccccc2)CC1. The van der Waals surface area contributed by atoms with Crippen molar-refractivity contribution in [2.24, 2.45) is 5.92 Å². The molecule has 0 saturated carbocycles. The molecule has 1 N–H and O–H groups in total. The molecule has 7 nitrogen and oxygen atoms in total. The van der Waals surface area contributed by atoms with E-state index >= 15 is 0 Å². The average Bonchev–Trinajstić information content (AvgIpc) is 2.78. The van der Waals surface area contributed by atoms with Crippen LogP contribution in [0.15, 0.2) is 42.5 Å². The van der Waals surface area contributed by atoms with Gasteiger partial charge in [-0.2, -0.15) is 0 Å². The van der Waals surface area contributed by atoms with Gasteiger partial charge in [-0.05, 0) is 25.0 Å². The zero-order valence-corrected chi connectivity index (χ0v) is 17.2. The van der Waals surface area contributed by atoms with Crippen molar-refractivity contribution in [2.75, 3.05) is 38.2 Å². The quantitative estimate of drug-likeness (QED) is 0.787. The number of likely N-dealkylation sites (tertiary alicyclic amines) is 1. The van der Waals surface area contributed by atoms with Gasteiger partial charge in [-0.3, -0.25) is 9.59 Å². The number of amides is 2. The summed E-state index contributed by atoms with van der Waals surface area (Å²) in [4.78, 5) is 26.8. The average molecular weight is 431 g/mol. The molecule has 0 aliphatic carbocycles. The summed E-state index contributed by atoms with van der Waals surface area (Å²) in [6.07, 6.45) is 1.18. The van der Waals surface area contributed by atoms with Crippen LogP contribution in [0, 0.1) is 5.92 Å². The minimum atomic E-state index is -0.187. The number of carbonyl (C=O) groups is 2. The van der Waals surface area contributed by atoms with Gasteiger partial charge in [0.05, 0.1) is 10.7 Å². The van der Waals surface area contributed by atoms with Crippen LogP contribution in [-0.4, -0.2) is 49.6 Å². The number of benzene rings is 2. The summed E-state index contributed by atoms with van der Waals surface area (Å²) >= 11 is 6.28. The van der Waals surface area contributed by atoms with E-state index < -0.39 is 0 Å². The van der Waals surface area contributed by atoms with Gasteiger partial charge in [0.1, 0.15) is 19.0 Å². The molecule has 2 aliphatic heterocycles. The van der Waals surface area contributed by atoms with E-state index in [2.05, 4.69) is 5.32 Å². The maximum absolute atomic E-state index is 12.7. The van der Waals surface area contributed by atoms with E-state index in [4.69, 9.17) is 25.8 Å². The molecule has 0 spiro atoms. The molecule has 2 amide bonds. The van der Waals surface area contributed by atoms with Crippen LogP contribution in [0.1, 0.15) is 12.8 Å². The van der Waals surface area contributed by atoms with Crippen LogP contribution in [-0.2, 0) is 9.59 Å². The van der Waals surface area contributed by atoms with E-state index in [0.29, 0.717) is 67.1 Å². The molecular weight excluding hydrogens is 408 g/mol. The van der Waals surface area contributed by atoms with Crippen molar-refractivity contribution in [1.82, 2.24) is 4.90 Å². The van der Waals surface area contributed by atoms with Crippen molar-refractivity contribution in [3.05, 3.63) is 47.5 Å². The number of piperidine rings is 1. The first-order chi connectivity index (χ1) is 14.6. The summed E-state index contributed by atoms with van der Waals surface area (Å²) in [5, 5.41) is 3.29. The molecule has 1 saturated heterocycles. The van der Waals surface area contributed by atoms with E-state index in [1.54, 1.807) is 17.0 Å². The molecule has 2 aromatic rings. The van der Waals surface area contributed by atoms with Gasteiger partial charge < -0.3 is 24.4 Å². The van der Waals surface area contributed by atoms with Crippen molar-refractivity contribution in [3.63, 3.8) is 0 Å². The third kappa shape index (κ3) is 4.79. The van der Waals surface area contributed by atoms with Crippen LogP contribution in [0.5, 0.6) is 17.2 Å². The maximum atomic E-state index is 12.7. The highest BCUT2D eigenvalue weighted by atomic mass is 35.5. The Morgan fingerprint density at radius 1 is 1.07 bits per heavy atom. The monoisotopic (exact) mass is 430 g/mol. The Bertz CT molecular complexity index is 913. The first kappa shape index (κ1) is 20.3. The molecule has 0 unspecified atom stereocenters. The van der Waals surface area contributed by atoms with Gasteiger partial charge in [0.25, 0.3) is 5.91 Å². The molecule has 0 aromatic heterocycles. The summed E-state index contributed by atoms with van der Waals surface area (Å²) in [5.74, 6) is 1.44. The second kappa shape index (κ2) is 9.26. The van der Waals surface area contributed by atoms with Gasteiger partial charge in [-0.1, -0.05) is 29.8 Å². The molecule has 8 heteroatoms. The van der Waals surface area contributed by atoms with E-state index in [9.17, 15) is 9.59 Å². The number of rotatable bonds is 5. The normalized spacial score (nSPS) is 16.1. The summed E-state index contributed by atoms with van der Waals surface area (Å²) in [6.45, 7) is 1.97. The van der Waals surface area contributed by atoms with Crippen LogP contribution < -0.4 is 19.5 Å². The third-order valence-electron chi connectivity index (χ3n) is 5.21. The van der Waals surface area contributed by atoms with Crippen LogP contribution in [0.4, 0.5) is 5.69 Å². The lowest BCUT2D eigenvalue weighted by atomic mass is 9.95. The standard InChI is InChI=1S/C22H23ClN2O5/c23-17-12-19-20(29-11-10-28-19)13-18(17)24-22(27)15-6-8-25(9-7-15)21(26)14-30-16-4-2-1-3-5-16/h1-5,12-13,15H,6-11,14H2,(H,24,27). The van der Waals surface area contributed by atoms with Gasteiger partial charge in [-0.15, -0.1) is 0 Å². The number of nitrogens with one attached hydrogen (secondary N) is 1. The number of anilines is 1. The van der Waals surface area contributed by atoms with Crippen molar-refractivity contribution < 1.29 is 23.8 Å². The zero-order chi connectivity index (χ0) is 20.9. The fraction of sp³-hybridized carbons (Fsp3) is 0.364. The Balaban J connectivity index is 1.28. The topological polar surface area (TPSA) is 77.1 Å². The lowest BCUT2D eigenvalue weighted by Crippen LogP contribution is -2.43. The summed E-state index contributed by atoms with van der Waals surface area (Å²) in [6, 6.07) is 12.6. The molecule has 0 bridgehead atoms. The highest BCUT2D eigenvalue weighted by Crippen LogP contribution is 2.38. The highest BCUT2D eigenvalue weighted by molar-refractivity contribution is 6.34. The van der Waals surface area contributed by atoms with E-state index in [-0.39, 0.29) is 24.3 Å². The number of ether oxygens (including phenoxy) is 3. The number of halogens is 1. The molecule has 2 heterocycles. The molecule has 0 atom stereocenters. The number of carbonyl (C=O) groups excluding carboxylic acids is 2. The van der Waals surface area contributed by atoms with Gasteiger partial charge in [0.15, 0.2) is 18.1 Å².